The first-order chi connectivity index (χ1) is 7.30. The summed E-state index contributed by atoms with van der Waals surface area (Å²) in [6, 6.07) is 0. The Hall–Kier alpha value is -1.32. The van der Waals surface area contributed by atoms with Crippen LogP contribution < -0.4 is 0 Å². The van der Waals surface area contributed by atoms with E-state index in [-0.39, 0.29) is 11.3 Å². The molecule has 0 aliphatic carbocycles. The van der Waals surface area contributed by atoms with Crippen LogP contribution in [0.25, 0.3) is 0 Å². The van der Waals surface area contributed by atoms with E-state index in [9.17, 15) is 9.59 Å². The molecule has 4 heteroatoms. The summed E-state index contributed by atoms with van der Waals surface area (Å²) in [5.74, 6) is -0.493. The van der Waals surface area contributed by atoms with Gasteiger partial charge in [-0.25, -0.2) is 4.79 Å². The third-order valence-corrected chi connectivity index (χ3v) is 3.03. The predicted octanol–water partition coefficient (Wildman–Crippen LogP) is 1.52. The van der Waals surface area contributed by atoms with E-state index in [1.54, 1.807) is 4.90 Å². The van der Waals surface area contributed by atoms with Gasteiger partial charge in [0.1, 0.15) is 0 Å². The molecule has 90 valence electrons. The number of amides is 1. The first kappa shape index (κ1) is 12.7. The highest BCUT2D eigenvalue weighted by Gasteiger charge is 2.36. The SMILES string of the molecule is CC(C)(C)C1CC(=O)N(C/C=C/C(=O)O)C1. The molecule has 0 aromatic rings. The number of nitrogens with zero attached hydrogens (tertiary/aromatic N) is 1. The van der Waals surface area contributed by atoms with E-state index in [4.69, 9.17) is 5.11 Å². The van der Waals surface area contributed by atoms with Crippen molar-refractivity contribution < 1.29 is 14.7 Å². The fourth-order valence-corrected chi connectivity index (χ4v) is 1.81. The Morgan fingerprint density at radius 3 is 2.62 bits per heavy atom. The molecule has 0 spiro atoms. The maximum atomic E-state index is 11.7. The fourth-order valence-electron chi connectivity index (χ4n) is 1.81. The monoisotopic (exact) mass is 225 g/mol. The molecule has 1 amide bonds. The number of aliphatic carboxylic acids is 1. The molecule has 1 unspecified atom stereocenters. The molecule has 1 aliphatic heterocycles. The summed E-state index contributed by atoms with van der Waals surface area (Å²) < 4.78 is 0. The molecule has 1 saturated heterocycles. The first-order valence-corrected chi connectivity index (χ1v) is 5.48. The Morgan fingerprint density at radius 2 is 2.19 bits per heavy atom. The molecule has 0 saturated carbocycles. The maximum absolute atomic E-state index is 11.7. The van der Waals surface area contributed by atoms with E-state index in [2.05, 4.69) is 20.8 Å². The van der Waals surface area contributed by atoms with Crippen LogP contribution in [0, 0.1) is 11.3 Å². The predicted molar refractivity (Wildman–Crippen MR) is 60.9 cm³/mol. The van der Waals surface area contributed by atoms with Gasteiger partial charge in [-0.2, -0.15) is 0 Å². The van der Waals surface area contributed by atoms with Crippen LogP contribution in [0.2, 0.25) is 0 Å². The number of carboxylic acids is 1. The summed E-state index contributed by atoms with van der Waals surface area (Å²) in [6.45, 7) is 7.51. The number of carbonyl (C=O) groups excluding carboxylic acids is 1. The van der Waals surface area contributed by atoms with Crippen molar-refractivity contribution in [1.29, 1.82) is 0 Å². The zero-order valence-electron chi connectivity index (χ0n) is 10.1. The third kappa shape index (κ3) is 3.36. The topological polar surface area (TPSA) is 57.6 Å². The van der Waals surface area contributed by atoms with Gasteiger partial charge in [-0.15, -0.1) is 0 Å². The van der Waals surface area contributed by atoms with E-state index in [0.29, 0.717) is 18.9 Å². The average molecular weight is 225 g/mol. The van der Waals surface area contributed by atoms with Crippen LogP contribution in [0.4, 0.5) is 0 Å². The van der Waals surface area contributed by atoms with Gasteiger partial charge in [0.25, 0.3) is 0 Å². The van der Waals surface area contributed by atoms with E-state index in [1.165, 1.54) is 6.08 Å². The molecule has 4 nitrogen and oxygen atoms in total. The summed E-state index contributed by atoms with van der Waals surface area (Å²) in [6.07, 6.45) is 3.17. The van der Waals surface area contributed by atoms with E-state index in [0.717, 1.165) is 12.6 Å². The Morgan fingerprint density at radius 1 is 1.56 bits per heavy atom. The van der Waals surface area contributed by atoms with Gasteiger partial charge < -0.3 is 10.0 Å². The minimum atomic E-state index is -0.973. The molecule has 1 N–H and O–H groups in total. The minimum Gasteiger partial charge on any atom is -0.478 e. The highest BCUT2D eigenvalue weighted by molar-refractivity contribution is 5.81. The molecule has 1 rings (SSSR count). The Labute approximate surface area is 95.9 Å². The van der Waals surface area contributed by atoms with Gasteiger partial charge in [-0.3, -0.25) is 4.79 Å². The lowest BCUT2D eigenvalue weighted by molar-refractivity contribution is -0.131. The highest BCUT2D eigenvalue weighted by Crippen LogP contribution is 2.33. The lowest BCUT2D eigenvalue weighted by atomic mass is 9.80. The minimum absolute atomic E-state index is 0.120. The molecule has 1 aliphatic rings. The van der Waals surface area contributed by atoms with Gasteiger partial charge in [0.05, 0.1) is 0 Å². The molecule has 0 radical (unpaired) electrons. The van der Waals surface area contributed by atoms with Crippen LogP contribution in [0.5, 0.6) is 0 Å². The molecule has 1 atom stereocenters. The van der Waals surface area contributed by atoms with Gasteiger partial charge >= 0.3 is 5.97 Å². The second-order valence-corrected chi connectivity index (χ2v) is 5.31. The van der Waals surface area contributed by atoms with Crippen molar-refractivity contribution in [3.05, 3.63) is 12.2 Å². The van der Waals surface area contributed by atoms with Crippen LogP contribution in [0.3, 0.4) is 0 Å². The van der Waals surface area contributed by atoms with Crippen molar-refractivity contribution in [3.8, 4) is 0 Å². The van der Waals surface area contributed by atoms with Gasteiger partial charge in [-0.05, 0) is 11.3 Å². The summed E-state index contributed by atoms with van der Waals surface area (Å²) >= 11 is 0. The lowest BCUT2D eigenvalue weighted by Crippen LogP contribution is -2.27. The molecule has 0 aromatic carbocycles. The standard InChI is InChI=1S/C12H19NO3/c1-12(2,3)9-7-10(14)13(8-9)6-4-5-11(15)16/h4-5,9H,6-8H2,1-3H3,(H,15,16)/b5-4+. The van der Waals surface area contributed by atoms with Crippen LogP contribution in [-0.4, -0.2) is 35.0 Å². The summed E-state index contributed by atoms with van der Waals surface area (Å²) in [4.78, 5) is 23.7. The van der Waals surface area contributed by atoms with Gasteiger partial charge in [0.15, 0.2) is 0 Å². The van der Waals surface area contributed by atoms with E-state index < -0.39 is 5.97 Å². The fraction of sp³-hybridized carbons (Fsp3) is 0.667. The molecular formula is C12H19NO3. The van der Waals surface area contributed by atoms with Crippen molar-refractivity contribution in [2.75, 3.05) is 13.1 Å². The Kier molecular flexibility index (Phi) is 3.73. The lowest BCUT2D eigenvalue weighted by Gasteiger charge is -2.26. The average Bonchev–Trinajstić information content (AvgIpc) is 2.46. The molecule has 0 bridgehead atoms. The summed E-state index contributed by atoms with van der Waals surface area (Å²) in [5.41, 5.74) is 0.126. The van der Waals surface area contributed by atoms with E-state index >= 15 is 0 Å². The molecule has 1 fully saturated rings. The Bertz CT molecular complexity index is 315. The van der Waals surface area contributed by atoms with Crippen molar-refractivity contribution in [3.63, 3.8) is 0 Å². The zero-order valence-corrected chi connectivity index (χ0v) is 10.1. The second-order valence-electron chi connectivity index (χ2n) is 5.31. The molecule has 16 heavy (non-hydrogen) atoms. The van der Waals surface area contributed by atoms with Crippen LogP contribution in [0.1, 0.15) is 27.2 Å². The van der Waals surface area contributed by atoms with E-state index in [1.807, 2.05) is 0 Å². The smallest absolute Gasteiger partial charge is 0.328 e. The van der Waals surface area contributed by atoms with Crippen molar-refractivity contribution in [2.24, 2.45) is 11.3 Å². The number of carbonyl (C=O) groups is 2. The van der Waals surface area contributed by atoms with Crippen LogP contribution in [-0.2, 0) is 9.59 Å². The van der Waals surface area contributed by atoms with Crippen molar-refractivity contribution in [2.45, 2.75) is 27.2 Å². The number of carboxylic acid groups (broad SMARTS) is 1. The number of hydrogen-bond acceptors (Lipinski definition) is 2. The first-order valence-electron chi connectivity index (χ1n) is 5.48. The van der Waals surface area contributed by atoms with Gasteiger partial charge in [0, 0.05) is 25.6 Å². The number of rotatable bonds is 3. The molecule has 1 heterocycles. The van der Waals surface area contributed by atoms with Crippen molar-refractivity contribution in [1.82, 2.24) is 4.90 Å². The normalized spacial score (nSPS) is 22.1. The van der Waals surface area contributed by atoms with Gasteiger partial charge in [-0.1, -0.05) is 26.8 Å². The molecule has 0 aromatic heterocycles. The highest BCUT2D eigenvalue weighted by atomic mass is 16.4. The Balaban J connectivity index is 2.52. The quantitative estimate of drug-likeness (QED) is 0.741. The summed E-state index contributed by atoms with van der Waals surface area (Å²) in [7, 11) is 0. The number of hydrogen-bond donors (Lipinski definition) is 1. The third-order valence-electron chi connectivity index (χ3n) is 3.03. The van der Waals surface area contributed by atoms with Crippen molar-refractivity contribution >= 4 is 11.9 Å². The molecular weight excluding hydrogens is 206 g/mol. The largest absolute Gasteiger partial charge is 0.478 e. The zero-order chi connectivity index (χ0) is 12.3. The summed E-state index contributed by atoms with van der Waals surface area (Å²) in [5, 5.41) is 8.44. The number of likely N-dealkylation sites (tertiary alicyclic amines) is 1. The second kappa shape index (κ2) is 4.68. The van der Waals surface area contributed by atoms with Crippen LogP contribution >= 0.6 is 0 Å². The van der Waals surface area contributed by atoms with Gasteiger partial charge in [0.2, 0.25) is 5.91 Å². The maximum Gasteiger partial charge on any atom is 0.328 e. The van der Waals surface area contributed by atoms with Crippen LogP contribution in [0.15, 0.2) is 12.2 Å².